The first-order chi connectivity index (χ1) is 10.6. The smallest absolute Gasteiger partial charge is 0.387 e. The van der Waals surface area contributed by atoms with Crippen molar-refractivity contribution in [1.29, 1.82) is 0 Å². The zero-order valence-corrected chi connectivity index (χ0v) is 12.7. The van der Waals surface area contributed by atoms with Gasteiger partial charge in [-0.25, -0.2) is 0 Å². The molecule has 3 nitrogen and oxygen atoms in total. The van der Waals surface area contributed by atoms with Crippen LogP contribution in [0.4, 0.5) is 14.5 Å². The van der Waals surface area contributed by atoms with Crippen LogP contribution >= 0.6 is 11.8 Å². The van der Waals surface area contributed by atoms with Gasteiger partial charge in [0, 0.05) is 11.3 Å². The molecule has 6 heteroatoms. The average Bonchev–Trinajstić information content (AvgIpc) is 2.50. The Balaban J connectivity index is 2.11. The molecule has 0 fully saturated rings. The maximum absolute atomic E-state index is 12.3. The van der Waals surface area contributed by atoms with Gasteiger partial charge in [-0.3, -0.25) is 4.79 Å². The van der Waals surface area contributed by atoms with Gasteiger partial charge >= 0.3 is 6.61 Å². The number of amides is 1. The summed E-state index contributed by atoms with van der Waals surface area (Å²) in [6, 6.07) is 13.2. The molecule has 0 aliphatic rings. The normalized spacial score (nSPS) is 10.5. The summed E-state index contributed by atoms with van der Waals surface area (Å²) in [5, 5.41) is 2.58. The van der Waals surface area contributed by atoms with E-state index in [9.17, 15) is 13.6 Å². The first-order valence-electron chi connectivity index (χ1n) is 6.53. The van der Waals surface area contributed by atoms with Crippen molar-refractivity contribution >= 4 is 23.4 Å². The van der Waals surface area contributed by atoms with Gasteiger partial charge in [0.25, 0.3) is 5.91 Å². The van der Waals surface area contributed by atoms with E-state index in [1.54, 1.807) is 36.0 Å². The van der Waals surface area contributed by atoms with Crippen molar-refractivity contribution in [3.05, 3.63) is 59.7 Å². The molecule has 0 spiro atoms. The lowest BCUT2D eigenvalue weighted by Crippen LogP contribution is -2.13. The molecule has 0 aliphatic carbocycles. The Morgan fingerprint density at radius 1 is 1.18 bits per heavy atom. The molecule has 0 saturated carbocycles. The standard InChI is InChI=1S/C16H15F2NO2S/c1-22-10-11-6-8-12(9-7-11)15(20)19-13-4-2-3-5-14(13)21-16(17)18/h2-9,16H,10H2,1H3,(H,19,20). The second kappa shape index (κ2) is 7.79. The van der Waals surface area contributed by atoms with E-state index in [1.165, 1.54) is 12.1 Å². The van der Waals surface area contributed by atoms with Gasteiger partial charge in [-0.2, -0.15) is 20.5 Å². The number of halogens is 2. The Kier molecular flexibility index (Phi) is 5.77. The maximum atomic E-state index is 12.3. The van der Waals surface area contributed by atoms with Crippen molar-refractivity contribution in [3.8, 4) is 5.75 Å². The van der Waals surface area contributed by atoms with Gasteiger partial charge < -0.3 is 10.1 Å². The Morgan fingerprint density at radius 3 is 2.50 bits per heavy atom. The molecule has 0 bridgehead atoms. The summed E-state index contributed by atoms with van der Waals surface area (Å²) in [4.78, 5) is 12.2. The number of alkyl halides is 2. The topological polar surface area (TPSA) is 38.3 Å². The number of carbonyl (C=O) groups is 1. The molecule has 0 aromatic heterocycles. The number of benzene rings is 2. The minimum atomic E-state index is -2.94. The van der Waals surface area contributed by atoms with Gasteiger partial charge in [0.1, 0.15) is 5.75 Å². The summed E-state index contributed by atoms with van der Waals surface area (Å²) >= 11 is 1.69. The first-order valence-corrected chi connectivity index (χ1v) is 7.92. The van der Waals surface area contributed by atoms with Gasteiger partial charge in [0.05, 0.1) is 5.69 Å². The fraction of sp³-hybridized carbons (Fsp3) is 0.188. The summed E-state index contributed by atoms with van der Waals surface area (Å²) < 4.78 is 29.1. The average molecular weight is 323 g/mol. The number of nitrogens with one attached hydrogen (secondary N) is 1. The maximum Gasteiger partial charge on any atom is 0.387 e. The van der Waals surface area contributed by atoms with Crippen LogP contribution < -0.4 is 10.1 Å². The highest BCUT2D eigenvalue weighted by molar-refractivity contribution is 7.97. The quantitative estimate of drug-likeness (QED) is 0.856. The van der Waals surface area contributed by atoms with Crippen molar-refractivity contribution < 1.29 is 18.3 Å². The summed E-state index contributed by atoms with van der Waals surface area (Å²) in [5.41, 5.74) is 1.78. The number of thioether (sulfide) groups is 1. The monoisotopic (exact) mass is 323 g/mol. The molecule has 0 saturated heterocycles. The SMILES string of the molecule is CSCc1ccc(C(=O)Nc2ccccc2OC(F)F)cc1. The van der Waals surface area contributed by atoms with Gasteiger partial charge in [0.2, 0.25) is 0 Å². The lowest BCUT2D eigenvalue weighted by molar-refractivity contribution is -0.0493. The van der Waals surface area contributed by atoms with E-state index < -0.39 is 6.61 Å². The zero-order chi connectivity index (χ0) is 15.9. The fourth-order valence-electron chi connectivity index (χ4n) is 1.88. The number of rotatable bonds is 6. The molecule has 0 radical (unpaired) electrons. The van der Waals surface area contributed by atoms with E-state index in [1.807, 2.05) is 18.4 Å². The van der Waals surface area contributed by atoms with Crippen LogP contribution in [0.3, 0.4) is 0 Å². The van der Waals surface area contributed by atoms with E-state index in [4.69, 9.17) is 0 Å². The van der Waals surface area contributed by atoms with E-state index in [0.29, 0.717) is 5.56 Å². The van der Waals surface area contributed by atoms with Crippen LogP contribution in [0.2, 0.25) is 0 Å². The number of hydrogen-bond donors (Lipinski definition) is 1. The molecule has 116 valence electrons. The molecule has 0 atom stereocenters. The molecule has 2 aromatic rings. The molecule has 0 aliphatic heterocycles. The highest BCUT2D eigenvalue weighted by Crippen LogP contribution is 2.26. The zero-order valence-electron chi connectivity index (χ0n) is 11.9. The third-order valence-corrected chi connectivity index (χ3v) is 3.50. The van der Waals surface area contributed by atoms with Crippen molar-refractivity contribution in [2.24, 2.45) is 0 Å². The van der Waals surface area contributed by atoms with Crippen LogP contribution in [-0.4, -0.2) is 18.8 Å². The Bertz CT molecular complexity index is 632. The van der Waals surface area contributed by atoms with E-state index in [0.717, 1.165) is 11.3 Å². The second-order valence-corrected chi connectivity index (χ2v) is 5.32. The lowest BCUT2D eigenvalue weighted by atomic mass is 10.1. The minimum absolute atomic E-state index is 0.0650. The number of ether oxygens (including phenoxy) is 1. The number of para-hydroxylation sites is 2. The minimum Gasteiger partial charge on any atom is -0.433 e. The van der Waals surface area contributed by atoms with E-state index >= 15 is 0 Å². The molecule has 2 rings (SSSR count). The van der Waals surface area contributed by atoms with Crippen molar-refractivity contribution in [2.75, 3.05) is 11.6 Å². The van der Waals surface area contributed by atoms with Crippen molar-refractivity contribution in [2.45, 2.75) is 12.4 Å². The van der Waals surface area contributed by atoms with Gasteiger partial charge in [-0.1, -0.05) is 24.3 Å². The molecule has 1 amide bonds. The summed E-state index contributed by atoms with van der Waals surface area (Å²) in [6.07, 6.45) is 2.00. The summed E-state index contributed by atoms with van der Waals surface area (Å²) in [6.45, 7) is -2.94. The van der Waals surface area contributed by atoms with E-state index in [-0.39, 0.29) is 17.3 Å². The summed E-state index contributed by atoms with van der Waals surface area (Å²) in [5.74, 6) is 0.429. The Hall–Kier alpha value is -2.08. The van der Waals surface area contributed by atoms with Gasteiger partial charge in [0.15, 0.2) is 0 Å². The van der Waals surface area contributed by atoms with Crippen molar-refractivity contribution in [3.63, 3.8) is 0 Å². The molecule has 0 unspecified atom stereocenters. The Labute approximate surface area is 131 Å². The van der Waals surface area contributed by atoms with Crippen LogP contribution in [0.5, 0.6) is 5.75 Å². The van der Waals surface area contributed by atoms with E-state index in [2.05, 4.69) is 10.1 Å². The van der Waals surface area contributed by atoms with Crippen LogP contribution in [0.25, 0.3) is 0 Å². The van der Waals surface area contributed by atoms with Crippen LogP contribution in [0, 0.1) is 0 Å². The van der Waals surface area contributed by atoms with Crippen LogP contribution in [0.15, 0.2) is 48.5 Å². The third kappa shape index (κ3) is 4.46. The molecule has 2 aromatic carbocycles. The summed E-state index contributed by atoms with van der Waals surface area (Å²) in [7, 11) is 0. The van der Waals surface area contributed by atoms with Crippen molar-refractivity contribution in [1.82, 2.24) is 0 Å². The number of carbonyl (C=O) groups excluding carboxylic acids is 1. The second-order valence-electron chi connectivity index (χ2n) is 4.46. The molecular formula is C16H15F2NO2S. The molecule has 1 N–H and O–H groups in total. The van der Waals surface area contributed by atoms with Crippen LogP contribution in [-0.2, 0) is 5.75 Å². The fourth-order valence-corrected chi connectivity index (χ4v) is 2.41. The molecule has 22 heavy (non-hydrogen) atoms. The predicted octanol–water partition coefficient (Wildman–Crippen LogP) is 4.40. The third-order valence-electron chi connectivity index (χ3n) is 2.88. The molecule has 0 heterocycles. The van der Waals surface area contributed by atoms with Gasteiger partial charge in [-0.15, -0.1) is 0 Å². The Morgan fingerprint density at radius 2 is 1.86 bits per heavy atom. The molecular weight excluding hydrogens is 308 g/mol. The van der Waals surface area contributed by atoms with Crippen LogP contribution in [0.1, 0.15) is 15.9 Å². The van der Waals surface area contributed by atoms with Gasteiger partial charge in [-0.05, 0) is 36.1 Å². The first kappa shape index (κ1) is 16.3. The lowest BCUT2D eigenvalue weighted by Gasteiger charge is -2.11. The number of hydrogen-bond acceptors (Lipinski definition) is 3. The highest BCUT2D eigenvalue weighted by Gasteiger charge is 2.12. The predicted molar refractivity (Wildman–Crippen MR) is 84.7 cm³/mol. The largest absolute Gasteiger partial charge is 0.433 e. The number of anilines is 1. The highest BCUT2D eigenvalue weighted by atomic mass is 32.2.